The van der Waals surface area contributed by atoms with Crippen molar-refractivity contribution in [2.24, 2.45) is 0 Å². The van der Waals surface area contributed by atoms with Gasteiger partial charge in [-0.15, -0.1) is 0 Å². The molecule has 7 nitrogen and oxygen atoms in total. The second-order valence-corrected chi connectivity index (χ2v) is 9.31. The molecular formula is C20H21ClN2O5S. The molecule has 2 aliphatic heterocycles. The van der Waals surface area contributed by atoms with E-state index in [2.05, 4.69) is 5.32 Å². The minimum Gasteiger partial charge on any atom is -0.486 e. The first-order valence-electron chi connectivity index (χ1n) is 9.41. The van der Waals surface area contributed by atoms with Crippen LogP contribution >= 0.6 is 11.6 Å². The lowest BCUT2D eigenvalue weighted by molar-refractivity contribution is 0.0789. The Balaban J connectivity index is 1.45. The Morgan fingerprint density at radius 3 is 2.62 bits per heavy atom. The molecule has 1 saturated heterocycles. The molecule has 29 heavy (non-hydrogen) atoms. The zero-order valence-corrected chi connectivity index (χ0v) is 17.2. The zero-order valence-electron chi connectivity index (χ0n) is 15.6. The van der Waals surface area contributed by atoms with Gasteiger partial charge in [0, 0.05) is 13.1 Å². The predicted octanol–water partition coefficient (Wildman–Crippen LogP) is 2.69. The van der Waals surface area contributed by atoms with Gasteiger partial charge in [-0.1, -0.05) is 23.7 Å². The van der Waals surface area contributed by atoms with Crippen LogP contribution in [-0.2, 0) is 10.0 Å². The van der Waals surface area contributed by atoms with E-state index in [-0.39, 0.29) is 28.1 Å². The molecule has 2 aliphatic rings. The van der Waals surface area contributed by atoms with E-state index in [9.17, 15) is 13.2 Å². The summed E-state index contributed by atoms with van der Waals surface area (Å²) in [6.45, 7) is 1.49. The van der Waals surface area contributed by atoms with Gasteiger partial charge in [0.15, 0.2) is 11.5 Å². The van der Waals surface area contributed by atoms with Crippen molar-refractivity contribution < 1.29 is 22.7 Å². The number of rotatable bonds is 5. The first-order valence-corrected chi connectivity index (χ1v) is 11.2. The maximum Gasteiger partial charge on any atom is 0.252 e. The van der Waals surface area contributed by atoms with Gasteiger partial charge in [-0.3, -0.25) is 4.79 Å². The maximum absolute atomic E-state index is 12.8. The van der Waals surface area contributed by atoms with Crippen LogP contribution in [-0.4, -0.2) is 51.0 Å². The van der Waals surface area contributed by atoms with Crippen molar-refractivity contribution in [3.05, 3.63) is 53.1 Å². The topological polar surface area (TPSA) is 84.9 Å². The first-order chi connectivity index (χ1) is 13.9. The van der Waals surface area contributed by atoms with Crippen molar-refractivity contribution >= 4 is 27.5 Å². The first kappa shape index (κ1) is 20.0. The van der Waals surface area contributed by atoms with Gasteiger partial charge in [0.25, 0.3) is 5.91 Å². The van der Waals surface area contributed by atoms with Gasteiger partial charge in [-0.05, 0) is 43.2 Å². The van der Waals surface area contributed by atoms with Crippen LogP contribution in [0.5, 0.6) is 11.5 Å². The Morgan fingerprint density at radius 1 is 1.14 bits per heavy atom. The Bertz CT molecular complexity index is 1020. The Hall–Kier alpha value is -2.29. The van der Waals surface area contributed by atoms with Gasteiger partial charge in [0.2, 0.25) is 10.0 Å². The van der Waals surface area contributed by atoms with Crippen molar-refractivity contribution in [1.29, 1.82) is 0 Å². The van der Waals surface area contributed by atoms with Crippen LogP contribution in [0.15, 0.2) is 47.4 Å². The van der Waals surface area contributed by atoms with Crippen molar-refractivity contribution in [1.82, 2.24) is 9.62 Å². The van der Waals surface area contributed by atoms with Crippen LogP contribution in [0.3, 0.4) is 0 Å². The summed E-state index contributed by atoms with van der Waals surface area (Å²) in [7, 11) is -3.63. The van der Waals surface area contributed by atoms with Gasteiger partial charge >= 0.3 is 0 Å². The number of hydrogen-bond donors (Lipinski definition) is 1. The number of para-hydroxylation sites is 2. The fourth-order valence-corrected chi connectivity index (χ4v) is 5.13. The normalized spacial score (nSPS) is 19.1. The molecule has 2 aromatic carbocycles. The molecule has 0 aromatic heterocycles. The molecule has 2 heterocycles. The lowest BCUT2D eigenvalue weighted by atomic mass is 10.2. The number of nitrogens with zero attached hydrogens (tertiary/aromatic N) is 1. The molecule has 4 rings (SSSR count). The van der Waals surface area contributed by atoms with Crippen LogP contribution < -0.4 is 14.8 Å². The van der Waals surface area contributed by atoms with Gasteiger partial charge in [0.1, 0.15) is 12.7 Å². The minimum atomic E-state index is -3.63. The number of carbonyl (C=O) groups excluding carboxylic acids is 1. The maximum atomic E-state index is 12.8. The van der Waals surface area contributed by atoms with Crippen LogP contribution in [0, 0.1) is 0 Å². The molecular weight excluding hydrogens is 416 g/mol. The highest BCUT2D eigenvalue weighted by Crippen LogP contribution is 2.31. The van der Waals surface area contributed by atoms with Gasteiger partial charge in [-0.2, -0.15) is 4.31 Å². The number of ether oxygens (including phenoxy) is 2. The number of halogens is 1. The Labute approximate surface area is 174 Å². The van der Waals surface area contributed by atoms with Crippen molar-refractivity contribution in [3.63, 3.8) is 0 Å². The predicted molar refractivity (Wildman–Crippen MR) is 108 cm³/mol. The third-order valence-corrected chi connectivity index (χ3v) is 7.17. The van der Waals surface area contributed by atoms with E-state index < -0.39 is 15.9 Å². The molecule has 1 N–H and O–H groups in total. The molecule has 0 aliphatic carbocycles. The summed E-state index contributed by atoms with van der Waals surface area (Å²) in [5.74, 6) is 0.823. The average Bonchev–Trinajstić information content (AvgIpc) is 3.28. The monoisotopic (exact) mass is 436 g/mol. The van der Waals surface area contributed by atoms with E-state index >= 15 is 0 Å². The summed E-state index contributed by atoms with van der Waals surface area (Å²) in [6, 6.07) is 11.5. The molecule has 154 valence electrons. The molecule has 0 bridgehead atoms. The third kappa shape index (κ3) is 4.19. The standard InChI is InChI=1S/C20H21ClN2O5S/c21-17-8-7-15(29(25,26)23-9-3-4-10-23)11-16(17)20(24)22-12-14-13-27-18-5-1-2-6-19(18)28-14/h1-2,5-8,11,14H,3-4,9-10,12-13H2,(H,22,24). The SMILES string of the molecule is O=C(NCC1COc2ccccc2O1)c1cc(S(=O)(=O)N2CCCC2)ccc1Cl. The molecule has 1 atom stereocenters. The zero-order chi connectivity index (χ0) is 20.4. The highest BCUT2D eigenvalue weighted by atomic mass is 35.5. The molecule has 1 fully saturated rings. The second-order valence-electron chi connectivity index (χ2n) is 6.96. The average molecular weight is 437 g/mol. The van der Waals surface area contributed by atoms with Crippen LogP contribution in [0.2, 0.25) is 5.02 Å². The van der Waals surface area contributed by atoms with Crippen molar-refractivity contribution in [2.75, 3.05) is 26.2 Å². The van der Waals surface area contributed by atoms with Gasteiger partial charge in [0.05, 0.1) is 22.0 Å². The van der Waals surface area contributed by atoms with Crippen LogP contribution in [0.4, 0.5) is 0 Å². The number of amides is 1. The Morgan fingerprint density at radius 2 is 1.86 bits per heavy atom. The molecule has 9 heteroatoms. The van der Waals surface area contributed by atoms with Crippen molar-refractivity contribution in [2.45, 2.75) is 23.8 Å². The van der Waals surface area contributed by atoms with Gasteiger partial charge < -0.3 is 14.8 Å². The lowest BCUT2D eigenvalue weighted by Gasteiger charge is -2.26. The van der Waals surface area contributed by atoms with E-state index in [1.54, 1.807) is 6.07 Å². The van der Waals surface area contributed by atoms with E-state index in [0.717, 1.165) is 12.8 Å². The Kier molecular flexibility index (Phi) is 5.67. The molecule has 2 aromatic rings. The van der Waals surface area contributed by atoms with Gasteiger partial charge in [-0.25, -0.2) is 8.42 Å². The lowest BCUT2D eigenvalue weighted by Crippen LogP contribution is -2.40. The number of sulfonamides is 1. The fraction of sp³-hybridized carbons (Fsp3) is 0.350. The second kappa shape index (κ2) is 8.22. The highest BCUT2D eigenvalue weighted by molar-refractivity contribution is 7.89. The summed E-state index contributed by atoms with van der Waals surface area (Å²) in [4.78, 5) is 12.7. The molecule has 0 spiro atoms. The molecule has 0 radical (unpaired) electrons. The summed E-state index contributed by atoms with van der Waals surface area (Å²) < 4.78 is 38.4. The van der Waals surface area contributed by atoms with E-state index in [4.69, 9.17) is 21.1 Å². The number of nitrogens with one attached hydrogen (secondary N) is 1. The number of hydrogen-bond acceptors (Lipinski definition) is 5. The van der Waals surface area contributed by atoms with Crippen molar-refractivity contribution in [3.8, 4) is 11.5 Å². The number of benzene rings is 2. The quantitative estimate of drug-likeness (QED) is 0.778. The highest BCUT2D eigenvalue weighted by Gasteiger charge is 2.28. The van der Waals surface area contributed by atoms with Crippen LogP contribution in [0.1, 0.15) is 23.2 Å². The third-order valence-electron chi connectivity index (χ3n) is 4.94. The summed E-state index contributed by atoms with van der Waals surface area (Å²) in [6.07, 6.45) is 1.32. The summed E-state index contributed by atoms with van der Waals surface area (Å²) in [5, 5.41) is 2.94. The summed E-state index contributed by atoms with van der Waals surface area (Å²) in [5.41, 5.74) is 0.115. The summed E-state index contributed by atoms with van der Waals surface area (Å²) >= 11 is 6.16. The minimum absolute atomic E-state index is 0.0696. The smallest absolute Gasteiger partial charge is 0.252 e. The molecule has 0 saturated carbocycles. The van der Waals surface area contributed by atoms with E-state index in [1.165, 1.54) is 22.5 Å². The largest absolute Gasteiger partial charge is 0.486 e. The fourth-order valence-electron chi connectivity index (χ4n) is 3.38. The number of carbonyl (C=O) groups is 1. The van der Waals surface area contributed by atoms with Crippen LogP contribution in [0.25, 0.3) is 0 Å². The van der Waals surface area contributed by atoms with E-state index in [0.29, 0.717) is 31.2 Å². The number of fused-ring (bicyclic) bond motifs is 1. The van der Waals surface area contributed by atoms with E-state index in [1.807, 2.05) is 18.2 Å². The molecule has 1 unspecified atom stereocenters. The molecule has 1 amide bonds.